The Bertz CT molecular complexity index is 787. The number of fused-ring (bicyclic) bond motifs is 4. The summed E-state index contributed by atoms with van der Waals surface area (Å²) in [6, 6.07) is 0. The molecule has 2 N–H and O–H groups in total. The largest absolute Gasteiger partial charge is 0.396 e. The van der Waals surface area contributed by atoms with Gasteiger partial charge in [-0.25, -0.2) is 0 Å². The zero-order valence-electron chi connectivity index (χ0n) is 22.1. The smallest absolute Gasteiger partial charge is 0.0594 e. The topological polar surface area (TPSA) is 40.5 Å². The highest BCUT2D eigenvalue weighted by Gasteiger charge is 2.63. The summed E-state index contributed by atoms with van der Waals surface area (Å²) in [5.41, 5.74) is 5.85. The third-order valence-corrected chi connectivity index (χ3v) is 11.7. The van der Waals surface area contributed by atoms with E-state index in [0.29, 0.717) is 29.8 Å². The van der Waals surface area contributed by atoms with E-state index < -0.39 is 0 Å². The summed E-state index contributed by atoms with van der Waals surface area (Å²) in [5, 5.41) is 21.2. The van der Waals surface area contributed by atoms with E-state index in [9.17, 15) is 10.2 Å². The summed E-state index contributed by atoms with van der Waals surface area (Å²) in [6.45, 7) is 17.1. The van der Waals surface area contributed by atoms with E-state index in [1.807, 2.05) is 0 Å². The molecule has 2 nitrogen and oxygen atoms in total. The molecule has 32 heavy (non-hydrogen) atoms. The fourth-order valence-corrected chi connectivity index (χ4v) is 9.48. The molecule has 4 aliphatic rings. The third kappa shape index (κ3) is 3.41. The minimum atomic E-state index is -0.158. The molecule has 182 valence electrons. The Morgan fingerprint density at radius 3 is 2.34 bits per heavy atom. The van der Waals surface area contributed by atoms with Crippen LogP contribution in [0.5, 0.6) is 0 Å². The number of aliphatic hydroxyl groups excluding tert-OH is 2. The van der Waals surface area contributed by atoms with Crippen molar-refractivity contribution in [2.24, 2.45) is 39.4 Å². The first-order valence-corrected chi connectivity index (χ1v) is 13.6. The van der Waals surface area contributed by atoms with Crippen molar-refractivity contribution in [3.05, 3.63) is 22.8 Å². The average Bonchev–Trinajstić information content (AvgIpc) is 3.00. The standard InChI is InChI=1S/C30H50O2/c1-20(2)9-8-10-21(19-31)22-13-17-30(7)24-11-12-25-27(3,4)26(32)15-16-28(25,5)23(24)14-18-29(22,30)6/h9,21-22,25-26,31-32H,8,10-19H2,1-7H3/t21?,22-,25?,26+,28-,29-,30+/m1/s1. The molecule has 0 aromatic heterocycles. The summed E-state index contributed by atoms with van der Waals surface area (Å²) < 4.78 is 0. The lowest BCUT2D eigenvalue weighted by Gasteiger charge is -2.62. The number of hydrogen-bond donors (Lipinski definition) is 2. The van der Waals surface area contributed by atoms with Gasteiger partial charge < -0.3 is 10.2 Å². The normalized spacial score (nSPS) is 43.8. The molecule has 4 aliphatic carbocycles. The van der Waals surface area contributed by atoms with Gasteiger partial charge in [0.25, 0.3) is 0 Å². The van der Waals surface area contributed by atoms with Gasteiger partial charge in [0.05, 0.1) is 6.10 Å². The van der Waals surface area contributed by atoms with E-state index in [0.717, 1.165) is 25.7 Å². The van der Waals surface area contributed by atoms with Crippen LogP contribution in [0.1, 0.15) is 113 Å². The van der Waals surface area contributed by atoms with Crippen molar-refractivity contribution in [2.75, 3.05) is 6.61 Å². The summed E-state index contributed by atoms with van der Waals surface area (Å²) in [6.07, 6.45) is 14.1. The molecule has 0 aromatic rings. The number of rotatable bonds is 5. The molecule has 0 aliphatic heterocycles. The van der Waals surface area contributed by atoms with E-state index in [2.05, 4.69) is 54.5 Å². The Kier molecular flexibility index (Phi) is 6.33. The van der Waals surface area contributed by atoms with Gasteiger partial charge >= 0.3 is 0 Å². The molecule has 7 atom stereocenters. The van der Waals surface area contributed by atoms with Gasteiger partial charge in [0.1, 0.15) is 0 Å². The molecule has 0 amide bonds. The second kappa shape index (κ2) is 8.26. The van der Waals surface area contributed by atoms with Crippen molar-refractivity contribution in [1.29, 1.82) is 0 Å². The zero-order chi connectivity index (χ0) is 23.5. The van der Waals surface area contributed by atoms with E-state index in [1.54, 1.807) is 11.1 Å². The first-order valence-electron chi connectivity index (χ1n) is 13.6. The Morgan fingerprint density at radius 1 is 0.969 bits per heavy atom. The van der Waals surface area contributed by atoms with Gasteiger partial charge in [-0.15, -0.1) is 0 Å². The summed E-state index contributed by atoms with van der Waals surface area (Å²) in [7, 11) is 0. The van der Waals surface area contributed by atoms with Crippen molar-refractivity contribution in [1.82, 2.24) is 0 Å². The molecule has 0 bridgehead atoms. The molecule has 2 unspecified atom stereocenters. The van der Waals surface area contributed by atoms with Crippen LogP contribution >= 0.6 is 0 Å². The van der Waals surface area contributed by atoms with Crippen LogP contribution in [0.25, 0.3) is 0 Å². The molecular weight excluding hydrogens is 392 g/mol. The second-order valence-electron chi connectivity index (χ2n) is 13.5. The van der Waals surface area contributed by atoms with Crippen LogP contribution in [0.2, 0.25) is 0 Å². The molecule has 0 spiro atoms. The first-order chi connectivity index (χ1) is 14.9. The zero-order valence-corrected chi connectivity index (χ0v) is 22.1. The van der Waals surface area contributed by atoms with E-state index >= 15 is 0 Å². The molecule has 2 heteroatoms. The quantitative estimate of drug-likeness (QED) is 0.434. The molecule has 0 heterocycles. The molecule has 0 saturated heterocycles. The Balaban J connectivity index is 1.66. The highest BCUT2D eigenvalue weighted by atomic mass is 16.3. The van der Waals surface area contributed by atoms with Crippen LogP contribution in [-0.2, 0) is 0 Å². The van der Waals surface area contributed by atoms with E-state index in [4.69, 9.17) is 0 Å². The van der Waals surface area contributed by atoms with Crippen LogP contribution < -0.4 is 0 Å². The van der Waals surface area contributed by atoms with Gasteiger partial charge in [-0.2, -0.15) is 0 Å². The SMILES string of the molecule is CC(C)=CCCC(CO)[C@H]1CC[C@@]2(C)C3=C(CC[C@]12C)[C@@]1(C)CC[C@H](O)C(C)(C)C1CC3. The third-order valence-electron chi connectivity index (χ3n) is 11.7. The van der Waals surface area contributed by atoms with Gasteiger partial charge in [0, 0.05) is 6.61 Å². The van der Waals surface area contributed by atoms with Gasteiger partial charge in [0.2, 0.25) is 0 Å². The van der Waals surface area contributed by atoms with Gasteiger partial charge in [-0.1, -0.05) is 57.4 Å². The number of hydrogen-bond acceptors (Lipinski definition) is 2. The molecule has 2 fully saturated rings. The lowest BCUT2D eigenvalue weighted by atomic mass is 9.43. The van der Waals surface area contributed by atoms with Crippen molar-refractivity contribution in [3.8, 4) is 0 Å². The van der Waals surface area contributed by atoms with Crippen molar-refractivity contribution in [2.45, 2.75) is 119 Å². The fourth-order valence-electron chi connectivity index (χ4n) is 9.48. The Morgan fingerprint density at radius 2 is 1.69 bits per heavy atom. The maximum atomic E-state index is 10.8. The second-order valence-corrected chi connectivity index (χ2v) is 13.5. The molecule has 0 aromatic carbocycles. The maximum absolute atomic E-state index is 10.8. The van der Waals surface area contributed by atoms with Gasteiger partial charge in [0.15, 0.2) is 0 Å². The Labute approximate surface area is 198 Å². The van der Waals surface area contributed by atoms with E-state index in [1.165, 1.54) is 44.1 Å². The van der Waals surface area contributed by atoms with E-state index in [-0.39, 0.29) is 22.3 Å². The molecule has 2 saturated carbocycles. The van der Waals surface area contributed by atoms with Crippen LogP contribution in [0, 0.1) is 39.4 Å². The van der Waals surface area contributed by atoms with Gasteiger partial charge in [-0.3, -0.25) is 0 Å². The molecular formula is C30H50O2. The van der Waals surface area contributed by atoms with Crippen LogP contribution in [0.15, 0.2) is 22.8 Å². The minimum absolute atomic E-state index is 0.0122. The predicted octanol–water partition coefficient (Wildman–Crippen LogP) is 7.45. The van der Waals surface area contributed by atoms with Crippen LogP contribution in [0.3, 0.4) is 0 Å². The van der Waals surface area contributed by atoms with Crippen molar-refractivity contribution in [3.63, 3.8) is 0 Å². The van der Waals surface area contributed by atoms with Crippen molar-refractivity contribution >= 4 is 0 Å². The highest BCUT2D eigenvalue weighted by molar-refractivity contribution is 5.38. The van der Waals surface area contributed by atoms with Crippen LogP contribution in [0.4, 0.5) is 0 Å². The maximum Gasteiger partial charge on any atom is 0.0594 e. The lowest BCUT2D eigenvalue weighted by Crippen LogP contribution is -2.55. The minimum Gasteiger partial charge on any atom is -0.396 e. The Hall–Kier alpha value is -0.600. The predicted molar refractivity (Wildman–Crippen MR) is 134 cm³/mol. The van der Waals surface area contributed by atoms with Gasteiger partial charge in [-0.05, 0) is 117 Å². The number of allylic oxidation sites excluding steroid dienone is 4. The lowest BCUT2D eigenvalue weighted by molar-refractivity contribution is -0.0966. The fraction of sp³-hybridized carbons (Fsp3) is 0.867. The van der Waals surface area contributed by atoms with Crippen molar-refractivity contribution < 1.29 is 10.2 Å². The summed E-state index contributed by atoms with van der Waals surface area (Å²) >= 11 is 0. The monoisotopic (exact) mass is 442 g/mol. The summed E-state index contributed by atoms with van der Waals surface area (Å²) in [4.78, 5) is 0. The highest BCUT2D eigenvalue weighted by Crippen LogP contribution is 2.72. The average molecular weight is 443 g/mol. The first kappa shape index (κ1) is 24.5. The molecule has 4 rings (SSSR count). The summed E-state index contributed by atoms with van der Waals surface area (Å²) in [5.74, 6) is 1.65. The van der Waals surface area contributed by atoms with Crippen LogP contribution in [-0.4, -0.2) is 22.9 Å². The molecule has 0 radical (unpaired) electrons. The number of aliphatic hydroxyl groups is 2.